The molecule has 1 saturated heterocycles. The molecule has 1 unspecified atom stereocenters. The van der Waals surface area contributed by atoms with E-state index in [0.717, 1.165) is 36.6 Å². The van der Waals surface area contributed by atoms with E-state index in [9.17, 15) is 4.79 Å². The lowest BCUT2D eigenvalue weighted by atomic mass is 9.83. The highest BCUT2D eigenvalue weighted by molar-refractivity contribution is 5.88. The van der Waals surface area contributed by atoms with Crippen LogP contribution in [-0.4, -0.2) is 43.7 Å². The molecule has 0 spiro atoms. The molecule has 2 heterocycles. The Balaban J connectivity index is 0.00000192. The van der Waals surface area contributed by atoms with Gasteiger partial charge in [-0.2, -0.15) is 0 Å². The van der Waals surface area contributed by atoms with Crippen LogP contribution in [0.4, 0.5) is 0 Å². The topological polar surface area (TPSA) is 64.8 Å². The Morgan fingerprint density at radius 1 is 1.30 bits per heavy atom. The fourth-order valence-corrected chi connectivity index (χ4v) is 3.16. The van der Waals surface area contributed by atoms with Gasteiger partial charge < -0.3 is 20.1 Å². The smallest absolute Gasteiger partial charge is 0.232 e. The zero-order chi connectivity index (χ0) is 15.7. The van der Waals surface area contributed by atoms with Gasteiger partial charge in [0.15, 0.2) is 11.5 Å². The molecule has 23 heavy (non-hydrogen) atoms. The fraction of sp³-hybridized carbons (Fsp3) is 0.588. The molecule has 1 aromatic rings. The Hall–Kier alpha value is -1.46. The Bertz CT molecular complexity index is 577. The van der Waals surface area contributed by atoms with Gasteiger partial charge >= 0.3 is 0 Å². The molecule has 0 saturated carbocycles. The Kier molecular flexibility index (Phi) is 5.42. The van der Waals surface area contributed by atoms with Crippen LogP contribution in [0.3, 0.4) is 0 Å². The minimum absolute atomic E-state index is 0. The maximum absolute atomic E-state index is 12.9. The van der Waals surface area contributed by atoms with Gasteiger partial charge in [-0.25, -0.2) is 0 Å². The molecular formula is C17H25ClN2O3. The molecule has 5 nitrogen and oxygen atoms in total. The summed E-state index contributed by atoms with van der Waals surface area (Å²) in [6, 6.07) is 5.79. The second kappa shape index (κ2) is 6.97. The first-order valence-electron chi connectivity index (χ1n) is 7.92. The predicted molar refractivity (Wildman–Crippen MR) is 91.4 cm³/mol. The molecule has 1 aromatic carbocycles. The highest BCUT2D eigenvalue weighted by Gasteiger charge is 2.37. The van der Waals surface area contributed by atoms with E-state index in [-0.39, 0.29) is 18.3 Å². The van der Waals surface area contributed by atoms with Crippen LogP contribution in [0.1, 0.15) is 25.8 Å². The summed E-state index contributed by atoms with van der Waals surface area (Å²) in [5.41, 5.74) is 6.10. The zero-order valence-electron chi connectivity index (χ0n) is 13.7. The Morgan fingerprint density at radius 3 is 2.65 bits per heavy atom. The van der Waals surface area contributed by atoms with Gasteiger partial charge in [-0.15, -0.1) is 12.4 Å². The molecular weight excluding hydrogens is 316 g/mol. The number of fused-ring (bicyclic) bond motifs is 1. The average molecular weight is 341 g/mol. The second-order valence-electron chi connectivity index (χ2n) is 6.63. The molecule has 2 aliphatic heterocycles. The van der Waals surface area contributed by atoms with Crippen molar-refractivity contribution in [2.75, 3.05) is 32.8 Å². The van der Waals surface area contributed by atoms with Crippen molar-refractivity contribution in [1.82, 2.24) is 4.90 Å². The number of hydrogen-bond acceptors (Lipinski definition) is 4. The minimum Gasteiger partial charge on any atom is -0.486 e. The summed E-state index contributed by atoms with van der Waals surface area (Å²) in [5, 5.41) is 0. The minimum atomic E-state index is -0.584. The van der Waals surface area contributed by atoms with Crippen LogP contribution in [0.15, 0.2) is 18.2 Å². The van der Waals surface area contributed by atoms with Crippen LogP contribution < -0.4 is 15.2 Å². The molecule has 0 aromatic heterocycles. The van der Waals surface area contributed by atoms with E-state index in [2.05, 4.69) is 0 Å². The highest BCUT2D eigenvalue weighted by Crippen LogP contribution is 2.36. The summed E-state index contributed by atoms with van der Waals surface area (Å²) in [7, 11) is 0. The summed E-state index contributed by atoms with van der Waals surface area (Å²) in [5.74, 6) is 2.06. The highest BCUT2D eigenvalue weighted by atomic mass is 35.5. The first-order chi connectivity index (χ1) is 10.5. The molecule has 2 aliphatic rings. The van der Waals surface area contributed by atoms with Crippen molar-refractivity contribution in [1.29, 1.82) is 0 Å². The lowest BCUT2D eigenvalue weighted by Gasteiger charge is -2.31. The number of likely N-dealkylation sites (tertiary alicyclic amines) is 1. The first kappa shape index (κ1) is 17.9. The maximum atomic E-state index is 12.9. The molecule has 0 bridgehead atoms. The SMILES string of the molecule is CC(C)(C(=O)N1CCC(CN)C1)c1ccc2c(c1)OCCO2.Cl. The van der Waals surface area contributed by atoms with Crippen LogP contribution >= 0.6 is 12.4 Å². The van der Waals surface area contributed by atoms with Gasteiger partial charge in [-0.3, -0.25) is 4.79 Å². The third-order valence-corrected chi connectivity index (χ3v) is 4.70. The number of carbonyl (C=O) groups excluding carboxylic acids is 1. The van der Waals surface area contributed by atoms with Gasteiger partial charge in [-0.05, 0) is 50.4 Å². The Morgan fingerprint density at radius 2 is 2.00 bits per heavy atom. The van der Waals surface area contributed by atoms with E-state index in [1.165, 1.54) is 0 Å². The number of benzene rings is 1. The van der Waals surface area contributed by atoms with Gasteiger partial charge in [0.05, 0.1) is 5.41 Å². The average Bonchev–Trinajstić information content (AvgIpc) is 3.02. The normalized spacial score (nSPS) is 20.1. The van der Waals surface area contributed by atoms with Gasteiger partial charge in [0.2, 0.25) is 5.91 Å². The third-order valence-electron chi connectivity index (χ3n) is 4.70. The molecule has 0 radical (unpaired) electrons. The van der Waals surface area contributed by atoms with E-state index in [0.29, 0.717) is 25.7 Å². The molecule has 128 valence electrons. The van der Waals surface area contributed by atoms with Gasteiger partial charge in [0, 0.05) is 13.1 Å². The quantitative estimate of drug-likeness (QED) is 0.913. The number of hydrogen-bond donors (Lipinski definition) is 1. The summed E-state index contributed by atoms with van der Waals surface area (Å²) >= 11 is 0. The van der Waals surface area contributed by atoms with E-state index < -0.39 is 5.41 Å². The largest absolute Gasteiger partial charge is 0.486 e. The maximum Gasteiger partial charge on any atom is 0.232 e. The monoisotopic (exact) mass is 340 g/mol. The first-order valence-corrected chi connectivity index (χ1v) is 7.92. The number of ether oxygens (including phenoxy) is 2. The van der Waals surface area contributed by atoms with Crippen molar-refractivity contribution >= 4 is 18.3 Å². The number of nitrogens with two attached hydrogens (primary N) is 1. The van der Waals surface area contributed by atoms with Crippen LogP contribution in [0.25, 0.3) is 0 Å². The zero-order valence-corrected chi connectivity index (χ0v) is 14.5. The number of carbonyl (C=O) groups is 1. The lowest BCUT2D eigenvalue weighted by Crippen LogP contribution is -2.42. The summed E-state index contributed by atoms with van der Waals surface area (Å²) in [4.78, 5) is 14.8. The summed E-state index contributed by atoms with van der Waals surface area (Å²) in [6.07, 6.45) is 0.999. The molecule has 2 N–H and O–H groups in total. The molecule has 6 heteroatoms. The van der Waals surface area contributed by atoms with E-state index in [1.807, 2.05) is 36.9 Å². The van der Waals surface area contributed by atoms with Crippen molar-refractivity contribution in [3.05, 3.63) is 23.8 Å². The van der Waals surface area contributed by atoms with E-state index in [4.69, 9.17) is 15.2 Å². The standard InChI is InChI=1S/C17H24N2O3.ClH/c1-17(2,16(20)19-6-5-12(10-18)11-19)13-3-4-14-15(9-13)22-8-7-21-14;/h3-4,9,12H,5-8,10-11,18H2,1-2H3;1H. The predicted octanol–water partition coefficient (Wildman–Crippen LogP) is 1.96. The van der Waals surface area contributed by atoms with Crippen LogP contribution in [-0.2, 0) is 10.2 Å². The molecule has 1 amide bonds. The number of nitrogens with zero attached hydrogens (tertiary/aromatic N) is 1. The molecule has 1 fully saturated rings. The van der Waals surface area contributed by atoms with Gasteiger partial charge in [-0.1, -0.05) is 6.07 Å². The Labute approximate surface area is 143 Å². The van der Waals surface area contributed by atoms with Gasteiger partial charge in [0.25, 0.3) is 0 Å². The van der Waals surface area contributed by atoms with Crippen molar-refractivity contribution in [3.8, 4) is 11.5 Å². The van der Waals surface area contributed by atoms with Crippen LogP contribution in [0.2, 0.25) is 0 Å². The molecule has 0 aliphatic carbocycles. The molecule has 3 rings (SSSR count). The third kappa shape index (κ3) is 3.40. The number of halogens is 1. The summed E-state index contributed by atoms with van der Waals surface area (Å²) < 4.78 is 11.2. The van der Waals surface area contributed by atoms with Crippen molar-refractivity contribution in [3.63, 3.8) is 0 Å². The van der Waals surface area contributed by atoms with Crippen molar-refractivity contribution in [2.45, 2.75) is 25.7 Å². The van der Waals surface area contributed by atoms with E-state index in [1.54, 1.807) is 0 Å². The number of amides is 1. The molecule has 1 atom stereocenters. The van der Waals surface area contributed by atoms with Crippen LogP contribution in [0, 0.1) is 5.92 Å². The number of rotatable bonds is 3. The van der Waals surface area contributed by atoms with Crippen molar-refractivity contribution in [2.24, 2.45) is 11.7 Å². The van der Waals surface area contributed by atoms with Crippen LogP contribution in [0.5, 0.6) is 11.5 Å². The van der Waals surface area contributed by atoms with E-state index >= 15 is 0 Å². The van der Waals surface area contributed by atoms with Gasteiger partial charge in [0.1, 0.15) is 13.2 Å². The lowest BCUT2D eigenvalue weighted by molar-refractivity contribution is -0.135. The fourth-order valence-electron chi connectivity index (χ4n) is 3.16. The second-order valence-corrected chi connectivity index (χ2v) is 6.63. The summed E-state index contributed by atoms with van der Waals surface area (Å²) in [6.45, 7) is 7.28. The van der Waals surface area contributed by atoms with Crippen molar-refractivity contribution < 1.29 is 14.3 Å².